The van der Waals surface area contributed by atoms with Crippen molar-refractivity contribution >= 4 is 0 Å². The second-order valence-corrected chi connectivity index (χ2v) is 7.42. The third-order valence-electron chi connectivity index (χ3n) is 5.71. The van der Waals surface area contributed by atoms with Gasteiger partial charge in [0, 0.05) is 12.1 Å². The third-order valence-corrected chi connectivity index (χ3v) is 5.71. The molecule has 0 heterocycles. The second kappa shape index (κ2) is 7.67. The Morgan fingerprint density at radius 1 is 1.04 bits per heavy atom. The lowest BCUT2D eigenvalue weighted by molar-refractivity contribution is -0.0602. The zero-order valence-electron chi connectivity index (χ0n) is 14.6. The number of ether oxygens (including phenoxy) is 1. The van der Waals surface area contributed by atoms with Gasteiger partial charge in [-0.1, -0.05) is 31.4 Å². The molecule has 2 aliphatic carbocycles. The lowest BCUT2D eigenvalue weighted by atomic mass is 9.86. The van der Waals surface area contributed by atoms with Crippen molar-refractivity contribution in [1.29, 1.82) is 0 Å². The van der Waals surface area contributed by atoms with E-state index in [2.05, 4.69) is 31.0 Å². The van der Waals surface area contributed by atoms with Gasteiger partial charge in [0.2, 0.25) is 0 Å². The summed E-state index contributed by atoms with van der Waals surface area (Å²) in [6.07, 6.45) is 9.30. The summed E-state index contributed by atoms with van der Waals surface area (Å²) in [6.45, 7) is 2.07. The van der Waals surface area contributed by atoms with Gasteiger partial charge in [-0.25, -0.2) is 0 Å². The number of aliphatic hydroxyl groups is 1. The van der Waals surface area contributed by atoms with Gasteiger partial charge >= 0.3 is 0 Å². The molecular formula is C20H31NO2. The maximum Gasteiger partial charge on any atom is 0.126 e. The minimum atomic E-state index is -0.392. The van der Waals surface area contributed by atoms with Gasteiger partial charge in [-0.3, -0.25) is 4.90 Å². The molecule has 0 saturated heterocycles. The monoisotopic (exact) mass is 317 g/mol. The summed E-state index contributed by atoms with van der Waals surface area (Å²) in [7, 11) is 2.21. The van der Waals surface area contributed by atoms with Gasteiger partial charge < -0.3 is 9.84 Å². The molecule has 3 heteroatoms. The predicted octanol–water partition coefficient (Wildman–Crippen LogP) is 3.92. The van der Waals surface area contributed by atoms with Gasteiger partial charge in [-0.15, -0.1) is 0 Å². The summed E-state index contributed by atoms with van der Waals surface area (Å²) in [5.74, 6) is 0.884. The van der Waals surface area contributed by atoms with Crippen molar-refractivity contribution in [2.75, 3.05) is 7.05 Å². The minimum absolute atomic E-state index is 0.0819. The first-order valence-corrected chi connectivity index (χ1v) is 9.28. The first-order valence-electron chi connectivity index (χ1n) is 9.28. The van der Waals surface area contributed by atoms with E-state index in [1.54, 1.807) is 0 Å². The Labute approximate surface area is 140 Å². The van der Waals surface area contributed by atoms with E-state index in [-0.39, 0.29) is 12.1 Å². The number of hydrogen-bond acceptors (Lipinski definition) is 3. The van der Waals surface area contributed by atoms with Gasteiger partial charge in [-0.05, 0) is 63.8 Å². The summed E-state index contributed by atoms with van der Waals surface area (Å²) in [5, 5.41) is 10.9. The summed E-state index contributed by atoms with van der Waals surface area (Å²) < 4.78 is 6.14. The largest absolute Gasteiger partial charge is 0.488 e. The highest BCUT2D eigenvalue weighted by Gasteiger charge is 2.37. The van der Waals surface area contributed by atoms with Crippen LogP contribution in [0, 0.1) is 6.92 Å². The van der Waals surface area contributed by atoms with E-state index in [9.17, 15) is 5.11 Å². The van der Waals surface area contributed by atoms with Crippen LogP contribution in [0.25, 0.3) is 0 Å². The molecule has 1 aromatic carbocycles. The van der Waals surface area contributed by atoms with Crippen LogP contribution in [0.3, 0.4) is 0 Å². The lowest BCUT2D eigenvalue weighted by Crippen LogP contribution is -2.54. The Hall–Kier alpha value is -1.06. The molecule has 3 atom stereocenters. The number of likely N-dealkylation sites (N-methyl/N-ethyl adjacent to an activating group) is 1. The van der Waals surface area contributed by atoms with E-state index in [1.165, 1.54) is 37.7 Å². The van der Waals surface area contributed by atoms with E-state index < -0.39 is 6.10 Å². The van der Waals surface area contributed by atoms with E-state index in [0.29, 0.717) is 6.04 Å². The Kier molecular flexibility index (Phi) is 5.60. The maximum absolute atomic E-state index is 10.9. The summed E-state index contributed by atoms with van der Waals surface area (Å²) >= 11 is 0. The first kappa shape index (κ1) is 16.8. The summed E-state index contributed by atoms with van der Waals surface area (Å²) in [5.41, 5.74) is 1.20. The fraction of sp³-hybridized carbons (Fsp3) is 0.700. The van der Waals surface area contributed by atoms with Crippen LogP contribution in [0.15, 0.2) is 24.3 Å². The molecule has 1 aromatic rings. The third kappa shape index (κ3) is 4.07. The molecule has 23 heavy (non-hydrogen) atoms. The molecule has 0 spiro atoms. The minimum Gasteiger partial charge on any atom is -0.488 e. The fourth-order valence-corrected chi connectivity index (χ4v) is 4.31. The number of hydrogen-bond donors (Lipinski definition) is 1. The molecule has 0 bridgehead atoms. The van der Waals surface area contributed by atoms with Crippen molar-refractivity contribution < 1.29 is 9.84 Å². The standard InChI is InChI=1S/C20H31NO2/c1-15-8-6-11-17(14-15)23-19-13-7-12-18(20(19)22)21(2)16-9-4-3-5-10-16/h6,8,11,14,16,18-20,22H,3-5,7,9-10,12-13H2,1-2H3/t18-,19+,20+/m0/s1. The quantitative estimate of drug-likeness (QED) is 0.913. The maximum atomic E-state index is 10.9. The van der Waals surface area contributed by atoms with Crippen molar-refractivity contribution in [2.24, 2.45) is 0 Å². The zero-order valence-corrected chi connectivity index (χ0v) is 14.6. The Bertz CT molecular complexity index is 498. The van der Waals surface area contributed by atoms with E-state index in [4.69, 9.17) is 4.74 Å². The molecule has 3 rings (SSSR count). The molecular weight excluding hydrogens is 286 g/mol. The van der Waals surface area contributed by atoms with E-state index >= 15 is 0 Å². The molecule has 128 valence electrons. The van der Waals surface area contributed by atoms with Crippen molar-refractivity contribution in [3.05, 3.63) is 29.8 Å². The number of nitrogens with zero attached hydrogens (tertiary/aromatic N) is 1. The molecule has 0 radical (unpaired) electrons. The zero-order chi connectivity index (χ0) is 16.2. The fourth-order valence-electron chi connectivity index (χ4n) is 4.31. The van der Waals surface area contributed by atoms with Crippen LogP contribution in [0.2, 0.25) is 0 Å². The molecule has 0 unspecified atom stereocenters. The SMILES string of the molecule is Cc1cccc(O[C@@H]2CCC[C@H](N(C)C3CCCCC3)[C@H]2O)c1. The van der Waals surface area contributed by atoms with Gasteiger partial charge in [0.1, 0.15) is 18.0 Å². The second-order valence-electron chi connectivity index (χ2n) is 7.42. The number of benzene rings is 1. The highest BCUT2D eigenvalue weighted by molar-refractivity contribution is 5.27. The molecule has 2 aliphatic rings. The number of rotatable bonds is 4. The molecule has 1 N–H and O–H groups in total. The average molecular weight is 317 g/mol. The van der Waals surface area contributed by atoms with Crippen molar-refractivity contribution in [3.8, 4) is 5.75 Å². The normalized spacial score (nSPS) is 29.7. The van der Waals surface area contributed by atoms with Crippen molar-refractivity contribution in [3.63, 3.8) is 0 Å². The van der Waals surface area contributed by atoms with Crippen LogP contribution in [0.1, 0.15) is 56.9 Å². The molecule has 3 nitrogen and oxygen atoms in total. The van der Waals surface area contributed by atoms with Crippen LogP contribution >= 0.6 is 0 Å². The molecule has 0 aromatic heterocycles. The molecule has 2 fully saturated rings. The van der Waals surface area contributed by atoms with Crippen molar-refractivity contribution in [2.45, 2.75) is 82.6 Å². The van der Waals surface area contributed by atoms with Gasteiger partial charge in [0.15, 0.2) is 0 Å². The van der Waals surface area contributed by atoms with E-state index in [1.807, 2.05) is 12.1 Å². The Morgan fingerprint density at radius 3 is 2.57 bits per heavy atom. The lowest BCUT2D eigenvalue weighted by Gasteiger charge is -2.44. The number of aryl methyl sites for hydroxylation is 1. The highest BCUT2D eigenvalue weighted by atomic mass is 16.5. The first-order chi connectivity index (χ1) is 11.1. The van der Waals surface area contributed by atoms with Crippen LogP contribution in [0.5, 0.6) is 5.75 Å². The summed E-state index contributed by atoms with van der Waals surface area (Å²) in [4.78, 5) is 2.45. The number of aliphatic hydroxyl groups excluding tert-OH is 1. The van der Waals surface area contributed by atoms with Gasteiger partial charge in [0.25, 0.3) is 0 Å². The van der Waals surface area contributed by atoms with Gasteiger partial charge in [-0.2, -0.15) is 0 Å². The van der Waals surface area contributed by atoms with Crippen molar-refractivity contribution in [1.82, 2.24) is 4.90 Å². The molecule has 0 aliphatic heterocycles. The van der Waals surface area contributed by atoms with Crippen LogP contribution in [0.4, 0.5) is 0 Å². The molecule has 0 amide bonds. The Morgan fingerprint density at radius 2 is 1.83 bits per heavy atom. The smallest absolute Gasteiger partial charge is 0.126 e. The van der Waals surface area contributed by atoms with Crippen LogP contribution in [-0.4, -0.2) is 41.3 Å². The van der Waals surface area contributed by atoms with Gasteiger partial charge in [0.05, 0.1) is 0 Å². The van der Waals surface area contributed by atoms with Crippen LogP contribution < -0.4 is 4.74 Å². The van der Waals surface area contributed by atoms with Crippen LogP contribution in [-0.2, 0) is 0 Å². The highest BCUT2D eigenvalue weighted by Crippen LogP contribution is 2.31. The van der Waals surface area contributed by atoms with E-state index in [0.717, 1.165) is 25.0 Å². The Balaban J connectivity index is 1.64. The summed E-state index contributed by atoms with van der Waals surface area (Å²) in [6, 6.07) is 9.02. The predicted molar refractivity (Wildman–Crippen MR) is 93.9 cm³/mol. The molecule has 2 saturated carbocycles. The topological polar surface area (TPSA) is 32.7 Å². The average Bonchev–Trinajstić information content (AvgIpc) is 2.57.